The van der Waals surface area contributed by atoms with E-state index in [0.717, 1.165) is 27.1 Å². The van der Waals surface area contributed by atoms with Crippen molar-refractivity contribution < 1.29 is 37.8 Å². The Balaban J connectivity index is 0.760. The summed E-state index contributed by atoms with van der Waals surface area (Å²) in [7, 11) is 0. The lowest BCUT2D eigenvalue weighted by Gasteiger charge is -2.27. The number of benzene rings is 3. The SMILES string of the molecule is O=C1CCC(N2C(=O)c3cccc(NCCOCCOCCNC(=O)c4ccc(-c5cnc6ncc(Cc7ccc8ncccc8c7)n6n5)cc4F)c3C2=O)C(=O)N1. The number of rotatable bonds is 15. The number of halogens is 1. The van der Waals surface area contributed by atoms with Crippen molar-refractivity contribution in [3.8, 4) is 11.3 Å². The normalized spacial score (nSPS) is 15.3. The molecule has 17 heteroatoms. The zero-order valence-corrected chi connectivity index (χ0v) is 30.9. The molecule has 0 aliphatic carbocycles. The van der Waals surface area contributed by atoms with Gasteiger partial charge in [0.1, 0.15) is 17.6 Å². The van der Waals surface area contributed by atoms with Gasteiger partial charge >= 0.3 is 0 Å². The van der Waals surface area contributed by atoms with Gasteiger partial charge < -0.3 is 20.1 Å². The van der Waals surface area contributed by atoms with Crippen LogP contribution in [0.1, 0.15) is 55.2 Å². The predicted octanol–water partition coefficient (Wildman–Crippen LogP) is 3.35. The van der Waals surface area contributed by atoms with Crippen molar-refractivity contribution in [1.29, 1.82) is 0 Å². The highest BCUT2D eigenvalue weighted by molar-refractivity contribution is 6.25. The van der Waals surface area contributed by atoms with E-state index in [4.69, 9.17) is 9.47 Å². The number of ether oxygens (including phenoxy) is 2. The van der Waals surface area contributed by atoms with E-state index in [9.17, 15) is 24.0 Å². The molecule has 5 amide bonds. The number of hydrogen-bond donors (Lipinski definition) is 3. The Bertz CT molecular complexity index is 2600. The van der Waals surface area contributed by atoms with E-state index in [1.165, 1.54) is 24.4 Å². The summed E-state index contributed by atoms with van der Waals surface area (Å²) in [5.74, 6) is -3.18. The number of amides is 5. The van der Waals surface area contributed by atoms with Gasteiger partial charge in [-0.05, 0) is 54.4 Å². The van der Waals surface area contributed by atoms with Crippen molar-refractivity contribution in [2.75, 3.05) is 44.8 Å². The second-order valence-electron chi connectivity index (χ2n) is 13.6. The summed E-state index contributed by atoms with van der Waals surface area (Å²) in [5.41, 5.74) is 4.29. The van der Waals surface area contributed by atoms with E-state index in [2.05, 4.69) is 42.1 Å². The number of fused-ring (bicyclic) bond motifs is 3. The second kappa shape index (κ2) is 16.6. The number of pyridine rings is 1. The first-order valence-electron chi connectivity index (χ1n) is 18.6. The van der Waals surface area contributed by atoms with Crippen molar-refractivity contribution in [3.05, 3.63) is 119 Å². The Morgan fingerprint density at radius 1 is 0.879 bits per heavy atom. The van der Waals surface area contributed by atoms with Crippen LogP contribution >= 0.6 is 0 Å². The van der Waals surface area contributed by atoms with E-state index in [-0.39, 0.29) is 62.5 Å². The fourth-order valence-electron chi connectivity index (χ4n) is 6.95. The lowest BCUT2D eigenvalue weighted by Crippen LogP contribution is -2.54. The number of anilines is 1. The van der Waals surface area contributed by atoms with E-state index in [0.29, 0.717) is 35.7 Å². The van der Waals surface area contributed by atoms with Gasteiger partial charge in [0, 0.05) is 48.8 Å². The van der Waals surface area contributed by atoms with Crippen molar-refractivity contribution >= 4 is 51.9 Å². The highest BCUT2D eigenvalue weighted by atomic mass is 19.1. The fourth-order valence-corrected chi connectivity index (χ4v) is 6.95. The van der Waals surface area contributed by atoms with Gasteiger partial charge in [-0.25, -0.2) is 18.9 Å². The van der Waals surface area contributed by atoms with E-state index >= 15 is 4.39 Å². The molecule has 16 nitrogen and oxygen atoms in total. The van der Waals surface area contributed by atoms with Crippen LogP contribution in [-0.2, 0) is 25.5 Å². The van der Waals surface area contributed by atoms with Gasteiger partial charge in [-0.1, -0.05) is 24.3 Å². The maximum atomic E-state index is 15.2. The average molecular weight is 786 g/mol. The van der Waals surface area contributed by atoms with Crippen molar-refractivity contribution in [2.45, 2.75) is 25.3 Å². The van der Waals surface area contributed by atoms with Crippen LogP contribution in [0.15, 0.2) is 85.3 Å². The topological polar surface area (TPSA) is 199 Å². The summed E-state index contributed by atoms with van der Waals surface area (Å²) >= 11 is 0. The minimum Gasteiger partial charge on any atom is -0.382 e. The smallest absolute Gasteiger partial charge is 0.264 e. The van der Waals surface area contributed by atoms with Crippen LogP contribution in [0.5, 0.6) is 0 Å². The number of piperidine rings is 1. The second-order valence-corrected chi connectivity index (χ2v) is 13.6. The van der Waals surface area contributed by atoms with Crippen molar-refractivity contribution in [2.24, 2.45) is 0 Å². The molecule has 5 heterocycles. The molecule has 8 rings (SSSR count). The van der Waals surface area contributed by atoms with Gasteiger partial charge in [0.25, 0.3) is 23.5 Å². The molecule has 3 aromatic heterocycles. The summed E-state index contributed by atoms with van der Waals surface area (Å²) in [5, 5.41) is 13.6. The first-order valence-corrected chi connectivity index (χ1v) is 18.6. The lowest BCUT2D eigenvalue weighted by molar-refractivity contribution is -0.136. The Hall–Kier alpha value is -6.98. The molecule has 2 aliphatic rings. The molecule has 1 atom stereocenters. The molecule has 0 bridgehead atoms. The Morgan fingerprint density at radius 2 is 1.71 bits per heavy atom. The van der Waals surface area contributed by atoms with Crippen LogP contribution in [0.3, 0.4) is 0 Å². The number of aromatic nitrogens is 5. The predicted molar refractivity (Wildman–Crippen MR) is 206 cm³/mol. The van der Waals surface area contributed by atoms with Gasteiger partial charge in [0.2, 0.25) is 11.8 Å². The molecule has 0 spiro atoms. The molecule has 3 N–H and O–H groups in total. The van der Waals surface area contributed by atoms with Crippen LogP contribution in [0, 0.1) is 5.82 Å². The number of hydrogen-bond acceptors (Lipinski definition) is 12. The van der Waals surface area contributed by atoms with E-state index in [1.807, 2.05) is 24.3 Å². The number of carbonyl (C=O) groups is 5. The molecule has 1 fully saturated rings. The summed E-state index contributed by atoms with van der Waals surface area (Å²) < 4.78 is 28.0. The third kappa shape index (κ3) is 7.85. The summed E-state index contributed by atoms with van der Waals surface area (Å²) in [6.07, 6.45) is 5.65. The summed E-state index contributed by atoms with van der Waals surface area (Å²) in [6, 6.07) is 18.0. The zero-order chi connectivity index (χ0) is 40.2. The van der Waals surface area contributed by atoms with Gasteiger partial charge in [-0.3, -0.25) is 39.2 Å². The molecule has 6 aromatic rings. The summed E-state index contributed by atoms with van der Waals surface area (Å²) in [4.78, 5) is 77.0. The van der Waals surface area contributed by atoms with Crippen LogP contribution in [0.4, 0.5) is 10.1 Å². The molecule has 3 aromatic carbocycles. The fraction of sp³-hybridized carbons (Fsp3) is 0.244. The maximum absolute atomic E-state index is 15.2. The third-order valence-electron chi connectivity index (χ3n) is 9.80. The number of nitrogens with one attached hydrogen (secondary N) is 3. The molecular weight excluding hydrogens is 750 g/mol. The summed E-state index contributed by atoms with van der Waals surface area (Å²) in [6.45, 7) is 1.36. The maximum Gasteiger partial charge on any atom is 0.264 e. The highest BCUT2D eigenvalue weighted by Gasteiger charge is 2.45. The monoisotopic (exact) mass is 785 g/mol. The Labute approximate surface area is 329 Å². The largest absolute Gasteiger partial charge is 0.382 e. The van der Waals surface area contributed by atoms with Crippen LogP contribution in [0.2, 0.25) is 0 Å². The molecule has 58 heavy (non-hydrogen) atoms. The standard InChI is InChI=1S/C41H36FN9O7/c42-30-21-26(33-23-47-41-46-22-27(51(41)49-33)20-24-6-9-31-25(19-24)3-2-12-43-31)7-8-28(30)37(53)45-14-16-58-18-17-57-15-13-44-32-5-1-4-29-36(32)40(56)50(39(29)55)34-10-11-35(52)48-38(34)54/h1-9,12,19,21-23,34,44H,10-11,13-18,20H2,(H,45,53)(H,48,52,54). The molecular formula is C41H36FN9O7. The molecule has 1 saturated heterocycles. The van der Waals surface area contributed by atoms with Crippen molar-refractivity contribution in [1.82, 2.24) is 40.1 Å². The first-order chi connectivity index (χ1) is 28.2. The average Bonchev–Trinajstić information content (AvgIpc) is 3.74. The molecule has 294 valence electrons. The van der Waals surface area contributed by atoms with Crippen LogP contribution < -0.4 is 16.0 Å². The van der Waals surface area contributed by atoms with Crippen molar-refractivity contribution in [3.63, 3.8) is 0 Å². The number of imidazole rings is 1. The minimum atomic E-state index is -1.05. The quantitative estimate of drug-likeness (QED) is 0.102. The number of nitrogens with zero attached hydrogens (tertiary/aromatic N) is 6. The van der Waals surface area contributed by atoms with Crippen LogP contribution in [0.25, 0.3) is 27.9 Å². The van der Waals surface area contributed by atoms with Crippen LogP contribution in [-0.4, -0.2) is 105 Å². The van der Waals surface area contributed by atoms with Gasteiger partial charge in [0.15, 0.2) is 0 Å². The highest BCUT2D eigenvalue weighted by Crippen LogP contribution is 2.32. The Morgan fingerprint density at radius 3 is 2.53 bits per heavy atom. The van der Waals surface area contributed by atoms with E-state index < -0.39 is 41.4 Å². The lowest BCUT2D eigenvalue weighted by atomic mass is 10.0. The van der Waals surface area contributed by atoms with E-state index in [1.54, 1.807) is 35.1 Å². The number of imide groups is 2. The zero-order valence-electron chi connectivity index (χ0n) is 30.9. The molecule has 1 unspecified atom stereocenters. The van der Waals surface area contributed by atoms with Gasteiger partial charge in [0.05, 0.1) is 66.7 Å². The van der Waals surface area contributed by atoms with Gasteiger partial charge in [-0.2, -0.15) is 5.10 Å². The molecule has 0 saturated carbocycles. The molecule has 2 aliphatic heterocycles. The minimum absolute atomic E-state index is 0.0391. The molecule has 0 radical (unpaired) electrons. The first kappa shape index (κ1) is 37.9. The Kier molecular flexibility index (Phi) is 10.9. The van der Waals surface area contributed by atoms with Gasteiger partial charge in [-0.15, -0.1) is 0 Å². The number of carbonyl (C=O) groups excluding carboxylic acids is 5. The third-order valence-corrected chi connectivity index (χ3v) is 9.80.